The summed E-state index contributed by atoms with van der Waals surface area (Å²) in [6, 6.07) is 16.8. The number of fused-ring (bicyclic) bond motifs is 2. The van der Waals surface area contributed by atoms with Crippen LogP contribution in [0.15, 0.2) is 60.8 Å². The van der Waals surface area contributed by atoms with Crippen molar-refractivity contribution in [2.45, 2.75) is 26.8 Å². The summed E-state index contributed by atoms with van der Waals surface area (Å²) in [5.74, 6) is 0.238. The Labute approximate surface area is 196 Å². The minimum Gasteiger partial charge on any atom is -0.365 e. The highest BCUT2D eigenvalue weighted by Gasteiger charge is 2.26. The lowest BCUT2D eigenvalue weighted by molar-refractivity contribution is 0.0998. The largest absolute Gasteiger partial charge is 0.365 e. The third-order valence-corrected chi connectivity index (χ3v) is 5.88. The molecule has 0 spiro atoms. The van der Waals surface area contributed by atoms with E-state index in [4.69, 9.17) is 10.8 Å². The van der Waals surface area contributed by atoms with Crippen LogP contribution in [0.5, 0.6) is 0 Å². The van der Waals surface area contributed by atoms with E-state index in [-0.39, 0.29) is 5.91 Å². The number of nitrogens with two attached hydrogens (primary N) is 1. The first-order valence-corrected chi connectivity index (χ1v) is 11.0. The van der Waals surface area contributed by atoms with Gasteiger partial charge in [-0.15, -0.1) is 0 Å². The number of carbonyl (C=O) groups is 2. The van der Waals surface area contributed by atoms with Crippen LogP contribution in [0.2, 0.25) is 0 Å². The average Bonchev–Trinajstić information content (AvgIpc) is 3.08. The monoisotopic (exact) mass is 452 g/mol. The molecular weight excluding hydrogens is 428 g/mol. The maximum absolute atomic E-state index is 12.6. The molecule has 3 heterocycles. The van der Waals surface area contributed by atoms with Crippen molar-refractivity contribution in [2.24, 2.45) is 5.73 Å². The molecule has 0 atom stereocenters. The van der Waals surface area contributed by atoms with Gasteiger partial charge in [0.25, 0.3) is 11.8 Å². The Bertz CT molecular complexity index is 1420. The molecule has 5 rings (SSSR count). The molecule has 1 aliphatic rings. The first-order chi connectivity index (χ1) is 16.4. The minimum absolute atomic E-state index is 0.269. The van der Waals surface area contributed by atoms with Crippen molar-refractivity contribution in [3.05, 3.63) is 88.6 Å². The van der Waals surface area contributed by atoms with Crippen LogP contribution < -0.4 is 16.4 Å². The number of aromatic nitrogens is 3. The topological polar surface area (TPSA) is 115 Å². The van der Waals surface area contributed by atoms with Crippen LogP contribution in [0.25, 0.3) is 11.3 Å². The Hall–Kier alpha value is -4.46. The van der Waals surface area contributed by atoms with Crippen molar-refractivity contribution in [2.75, 3.05) is 10.6 Å². The van der Waals surface area contributed by atoms with Gasteiger partial charge in [-0.2, -0.15) is 5.10 Å². The van der Waals surface area contributed by atoms with Gasteiger partial charge in [0, 0.05) is 29.6 Å². The first-order valence-electron chi connectivity index (χ1n) is 11.0. The summed E-state index contributed by atoms with van der Waals surface area (Å²) in [6.07, 6.45) is 2.43. The van der Waals surface area contributed by atoms with Gasteiger partial charge in [-0.05, 0) is 61.7 Å². The summed E-state index contributed by atoms with van der Waals surface area (Å²) in [4.78, 5) is 29.3. The molecule has 0 saturated carbocycles. The lowest BCUT2D eigenvalue weighted by Gasteiger charge is -2.10. The van der Waals surface area contributed by atoms with Crippen molar-refractivity contribution in [1.29, 1.82) is 0 Å². The smallest absolute Gasteiger partial charge is 0.256 e. The van der Waals surface area contributed by atoms with Crippen molar-refractivity contribution in [3.63, 3.8) is 0 Å². The lowest BCUT2D eigenvalue weighted by Crippen LogP contribution is -2.14. The van der Waals surface area contributed by atoms with Gasteiger partial charge in [0.15, 0.2) is 0 Å². The molecule has 0 fully saturated rings. The van der Waals surface area contributed by atoms with E-state index in [0.29, 0.717) is 40.6 Å². The van der Waals surface area contributed by atoms with Crippen LogP contribution in [0, 0.1) is 13.8 Å². The molecule has 1 aliphatic heterocycles. The highest BCUT2D eigenvalue weighted by atomic mass is 16.2. The Morgan fingerprint density at radius 2 is 1.79 bits per heavy atom. The van der Waals surface area contributed by atoms with Gasteiger partial charge in [0.05, 0.1) is 0 Å². The number of aryl methyl sites for hydroxylation is 4. The highest BCUT2D eigenvalue weighted by Crippen LogP contribution is 2.34. The van der Waals surface area contributed by atoms with E-state index in [2.05, 4.69) is 28.6 Å². The molecule has 0 bridgehead atoms. The van der Waals surface area contributed by atoms with E-state index < -0.39 is 5.91 Å². The molecule has 2 aromatic heterocycles. The van der Waals surface area contributed by atoms with Gasteiger partial charge < -0.3 is 16.4 Å². The second-order valence-corrected chi connectivity index (χ2v) is 8.45. The first kappa shape index (κ1) is 21.4. The zero-order valence-corrected chi connectivity index (χ0v) is 18.9. The van der Waals surface area contributed by atoms with Crippen LogP contribution in [-0.2, 0) is 13.0 Å². The molecule has 2 aromatic carbocycles. The lowest BCUT2D eigenvalue weighted by atomic mass is 10.0. The molecule has 0 radical (unpaired) electrons. The second-order valence-electron chi connectivity index (χ2n) is 8.45. The molecule has 170 valence electrons. The number of amides is 2. The summed E-state index contributed by atoms with van der Waals surface area (Å²) in [6.45, 7) is 4.60. The van der Waals surface area contributed by atoms with E-state index in [9.17, 15) is 9.59 Å². The quantitative estimate of drug-likeness (QED) is 0.429. The summed E-state index contributed by atoms with van der Waals surface area (Å²) in [5, 5.41) is 10.9. The van der Waals surface area contributed by atoms with Gasteiger partial charge in [-0.1, -0.05) is 29.8 Å². The SMILES string of the molecule is Cc1ccnc(NC(=O)c2ccc(-c3nn4c(c3C(N)=O)Nc3ccc(C)cc3CC4)cc2)c1. The average molecular weight is 453 g/mol. The van der Waals surface area contributed by atoms with Gasteiger partial charge in [-0.25, -0.2) is 9.67 Å². The standard InChI is InChI=1S/C26H24N6O2/c1-15-3-8-20-19(13-15)10-12-32-25(29-20)22(24(27)33)23(31-32)17-4-6-18(7-5-17)26(34)30-21-14-16(2)9-11-28-21/h3-9,11,13-14,29H,10,12H2,1-2H3,(H2,27,33)(H,28,30,34). The number of nitrogens with one attached hydrogen (secondary N) is 2. The number of carbonyl (C=O) groups excluding carboxylic acids is 2. The van der Waals surface area contributed by atoms with Crippen LogP contribution in [0.3, 0.4) is 0 Å². The molecule has 2 amide bonds. The third kappa shape index (κ3) is 4.01. The zero-order chi connectivity index (χ0) is 23.8. The van der Waals surface area contributed by atoms with Gasteiger partial charge in [0.1, 0.15) is 22.9 Å². The molecule has 4 aromatic rings. The van der Waals surface area contributed by atoms with E-state index >= 15 is 0 Å². The van der Waals surface area contributed by atoms with Crippen molar-refractivity contribution in [3.8, 4) is 11.3 Å². The normalized spacial score (nSPS) is 12.2. The minimum atomic E-state index is -0.563. The number of hydrogen-bond acceptors (Lipinski definition) is 5. The van der Waals surface area contributed by atoms with Crippen LogP contribution in [0.4, 0.5) is 17.3 Å². The van der Waals surface area contributed by atoms with Crippen LogP contribution >= 0.6 is 0 Å². The van der Waals surface area contributed by atoms with E-state index in [1.54, 1.807) is 41.2 Å². The van der Waals surface area contributed by atoms with E-state index in [0.717, 1.165) is 17.7 Å². The number of anilines is 3. The Morgan fingerprint density at radius 3 is 2.53 bits per heavy atom. The Balaban J connectivity index is 1.45. The van der Waals surface area contributed by atoms with Gasteiger partial charge >= 0.3 is 0 Å². The predicted octanol–water partition coefficient (Wildman–Crippen LogP) is 4.21. The number of rotatable bonds is 4. The maximum atomic E-state index is 12.6. The molecule has 0 unspecified atom stereocenters. The molecule has 4 N–H and O–H groups in total. The Kier molecular flexibility index (Phi) is 5.33. The van der Waals surface area contributed by atoms with E-state index in [1.807, 2.05) is 25.1 Å². The second kappa shape index (κ2) is 8.47. The Morgan fingerprint density at radius 1 is 1.03 bits per heavy atom. The zero-order valence-electron chi connectivity index (χ0n) is 18.9. The number of benzene rings is 2. The maximum Gasteiger partial charge on any atom is 0.256 e. The van der Waals surface area contributed by atoms with Crippen LogP contribution in [0.1, 0.15) is 37.4 Å². The predicted molar refractivity (Wildman–Crippen MR) is 131 cm³/mol. The summed E-state index contributed by atoms with van der Waals surface area (Å²) >= 11 is 0. The summed E-state index contributed by atoms with van der Waals surface area (Å²) in [5.41, 5.74) is 12.1. The van der Waals surface area contributed by atoms with Crippen molar-refractivity contribution >= 4 is 29.1 Å². The van der Waals surface area contributed by atoms with Crippen molar-refractivity contribution < 1.29 is 9.59 Å². The highest BCUT2D eigenvalue weighted by molar-refractivity contribution is 6.06. The number of primary amides is 1. The molecule has 34 heavy (non-hydrogen) atoms. The molecule has 8 nitrogen and oxygen atoms in total. The van der Waals surface area contributed by atoms with Gasteiger partial charge in [-0.3, -0.25) is 9.59 Å². The molecule has 8 heteroatoms. The number of nitrogens with zero attached hydrogens (tertiary/aromatic N) is 3. The number of hydrogen-bond donors (Lipinski definition) is 3. The van der Waals surface area contributed by atoms with Crippen LogP contribution in [-0.4, -0.2) is 26.6 Å². The van der Waals surface area contributed by atoms with Crippen molar-refractivity contribution in [1.82, 2.24) is 14.8 Å². The van der Waals surface area contributed by atoms with Gasteiger partial charge in [0.2, 0.25) is 0 Å². The fourth-order valence-electron chi connectivity index (χ4n) is 4.16. The molecule has 0 saturated heterocycles. The number of pyridine rings is 1. The summed E-state index contributed by atoms with van der Waals surface area (Å²) < 4.78 is 1.79. The molecular formula is C26H24N6O2. The fraction of sp³-hybridized carbons (Fsp3) is 0.154. The molecule has 0 aliphatic carbocycles. The third-order valence-electron chi connectivity index (χ3n) is 5.88. The van der Waals surface area contributed by atoms with E-state index in [1.165, 1.54) is 11.1 Å². The fourth-order valence-corrected chi connectivity index (χ4v) is 4.16. The summed E-state index contributed by atoms with van der Waals surface area (Å²) in [7, 11) is 0.